The maximum absolute atomic E-state index is 12.5. The standard InChI is InChI=1S/C11H17BrN2O2S2/c1-3-5-14(6-4-2)18(15,16)10-8-13-7-9(12)11(10)17/h7-8H,3-6H2,1-2H3,(H,13,17). The maximum atomic E-state index is 12.5. The highest BCUT2D eigenvalue weighted by atomic mass is 79.9. The van der Waals surface area contributed by atoms with Gasteiger partial charge in [-0.2, -0.15) is 4.31 Å². The molecule has 4 nitrogen and oxygen atoms in total. The summed E-state index contributed by atoms with van der Waals surface area (Å²) in [6.07, 6.45) is 4.64. The highest BCUT2D eigenvalue weighted by Crippen LogP contribution is 2.21. The topological polar surface area (TPSA) is 53.2 Å². The quantitative estimate of drug-likeness (QED) is 0.799. The fraction of sp³-hybridized carbons (Fsp3) is 0.545. The molecule has 102 valence electrons. The van der Waals surface area contributed by atoms with Crippen LogP contribution in [0.3, 0.4) is 0 Å². The molecule has 1 heterocycles. The Morgan fingerprint density at radius 3 is 2.33 bits per heavy atom. The first-order chi connectivity index (χ1) is 8.45. The third kappa shape index (κ3) is 3.40. The van der Waals surface area contributed by atoms with Crippen molar-refractivity contribution in [2.45, 2.75) is 31.6 Å². The Bertz CT molecular complexity index is 548. The van der Waals surface area contributed by atoms with Crippen molar-refractivity contribution >= 4 is 38.2 Å². The van der Waals surface area contributed by atoms with Crippen LogP contribution in [-0.4, -0.2) is 30.8 Å². The van der Waals surface area contributed by atoms with Crippen LogP contribution in [0.15, 0.2) is 21.8 Å². The SMILES string of the molecule is CCCN(CCC)S(=O)(=O)c1c[nH]cc(Br)c1=S. The first-order valence-corrected chi connectivity index (χ1v) is 8.46. The molecule has 0 aliphatic rings. The van der Waals surface area contributed by atoms with Gasteiger partial charge >= 0.3 is 0 Å². The second kappa shape index (κ2) is 6.79. The lowest BCUT2D eigenvalue weighted by atomic mass is 10.4. The van der Waals surface area contributed by atoms with Crippen molar-refractivity contribution in [3.63, 3.8) is 0 Å². The van der Waals surface area contributed by atoms with E-state index in [9.17, 15) is 8.42 Å². The predicted octanol–water partition coefficient (Wildman–Crippen LogP) is 3.32. The van der Waals surface area contributed by atoms with Gasteiger partial charge in [0.25, 0.3) is 0 Å². The van der Waals surface area contributed by atoms with Gasteiger partial charge in [-0.1, -0.05) is 26.1 Å². The number of aromatic amines is 1. The fourth-order valence-corrected chi connectivity index (χ4v) is 4.22. The minimum atomic E-state index is -3.51. The summed E-state index contributed by atoms with van der Waals surface area (Å²) in [7, 11) is -3.51. The average Bonchev–Trinajstić information content (AvgIpc) is 2.32. The molecule has 7 heteroatoms. The van der Waals surface area contributed by atoms with E-state index < -0.39 is 10.0 Å². The number of halogens is 1. The number of hydrogen-bond donors (Lipinski definition) is 1. The molecule has 18 heavy (non-hydrogen) atoms. The molecule has 1 rings (SSSR count). The Labute approximate surface area is 122 Å². The van der Waals surface area contributed by atoms with Gasteiger partial charge in [-0.05, 0) is 28.8 Å². The van der Waals surface area contributed by atoms with Crippen molar-refractivity contribution in [1.29, 1.82) is 0 Å². The van der Waals surface area contributed by atoms with Gasteiger partial charge in [0.15, 0.2) is 0 Å². The summed E-state index contributed by atoms with van der Waals surface area (Å²) in [5, 5.41) is 0. The van der Waals surface area contributed by atoms with Crippen molar-refractivity contribution < 1.29 is 8.42 Å². The summed E-state index contributed by atoms with van der Waals surface area (Å²) in [5.41, 5.74) is 0. The van der Waals surface area contributed by atoms with Gasteiger partial charge in [0.05, 0.1) is 8.98 Å². The van der Waals surface area contributed by atoms with Gasteiger partial charge in [-0.3, -0.25) is 0 Å². The average molecular weight is 353 g/mol. The molecule has 0 aliphatic carbocycles. The second-order valence-corrected chi connectivity index (χ2v) is 7.07. The molecule has 0 atom stereocenters. The molecule has 1 aromatic rings. The van der Waals surface area contributed by atoms with E-state index in [0.29, 0.717) is 22.1 Å². The summed E-state index contributed by atoms with van der Waals surface area (Å²) in [4.78, 5) is 2.96. The summed E-state index contributed by atoms with van der Waals surface area (Å²) in [5.74, 6) is 0. The van der Waals surface area contributed by atoms with Gasteiger partial charge in [0, 0.05) is 25.5 Å². The Morgan fingerprint density at radius 1 is 1.28 bits per heavy atom. The highest BCUT2D eigenvalue weighted by molar-refractivity contribution is 9.10. The molecule has 0 fully saturated rings. The van der Waals surface area contributed by atoms with Gasteiger partial charge in [0.1, 0.15) is 4.90 Å². The molecular weight excluding hydrogens is 336 g/mol. The molecule has 0 radical (unpaired) electrons. The number of aromatic nitrogens is 1. The van der Waals surface area contributed by atoms with E-state index in [1.165, 1.54) is 10.5 Å². The van der Waals surface area contributed by atoms with E-state index in [-0.39, 0.29) is 4.90 Å². The minimum absolute atomic E-state index is 0.161. The number of H-pyrrole nitrogens is 1. The van der Waals surface area contributed by atoms with E-state index in [0.717, 1.165) is 12.8 Å². The molecule has 0 unspecified atom stereocenters. The van der Waals surface area contributed by atoms with Crippen LogP contribution in [-0.2, 0) is 10.0 Å². The molecule has 1 aromatic heterocycles. The first-order valence-electron chi connectivity index (χ1n) is 5.81. The molecule has 0 saturated heterocycles. The third-order valence-electron chi connectivity index (χ3n) is 2.43. The Balaban J connectivity index is 3.26. The monoisotopic (exact) mass is 352 g/mol. The number of sulfonamides is 1. The lowest BCUT2D eigenvalue weighted by molar-refractivity contribution is 0.409. The smallest absolute Gasteiger partial charge is 0.246 e. The van der Waals surface area contributed by atoms with Crippen molar-refractivity contribution in [2.24, 2.45) is 0 Å². The van der Waals surface area contributed by atoms with Gasteiger partial charge < -0.3 is 4.98 Å². The summed E-state index contributed by atoms with van der Waals surface area (Å²) in [6, 6.07) is 0. The van der Waals surface area contributed by atoms with E-state index in [2.05, 4.69) is 20.9 Å². The number of nitrogens with zero attached hydrogens (tertiary/aromatic N) is 1. The highest BCUT2D eigenvalue weighted by Gasteiger charge is 2.24. The van der Waals surface area contributed by atoms with Crippen LogP contribution in [0, 0.1) is 4.51 Å². The van der Waals surface area contributed by atoms with Crippen LogP contribution in [0.25, 0.3) is 0 Å². The lowest BCUT2D eigenvalue weighted by Crippen LogP contribution is -2.32. The Hall–Kier alpha value is -0.240. The van der Waals surface area contributed by atoms with Crippen LogP contribution in [0.1, 0.15) is 26.7 Å². The number of nitrogens with one attached hydrogen (secondary N) is 1. The number of hydrogen-bond acceptors (Lipinski definition) is 3. The Morgan fingerprint density at radius 2 is 1.83 bits per heavy atom. The lowest BCUT2D eigenvalue weighted by Gasteiger charge is -2.21. The minimum Gasteiger partial charge on any atom is -0.365 e. The summed E-state index contributed by atoms with van der Waals surface area (Å²) >= 11 is 8.40. The predicted molar refractivity (Wildman–Crippen MR) is 78.7 cm³/mol. The first kappa shape index (κ1) is 15.8. The van der Waals surface area contributed by atoms with Crippen molar-refractivity contribution in [3.05, 3.63) is 21.4 Å². The van der Waals surface area contributed by atoms with Crippen LogP contribution in [0.2, 0.25) is 0 Å². The molecular formula is C11H17BrN2O2S2. The molecule has 0 spiro atoms. The summed E-state index contributed by atoms with van der Waals surface area (Å²) in [6.45, 7) is 4.94. The van der Waals surface area contributed by atoms with E-state index in [1.807, 2.05) is 13.8 Å². The molecule has 0 saturated carbocycles. The van der Waals surface area contributed by atoms with Gasteiger partial charge in [0.2, 0.25) is 10.0 Å². The number of pyridine rings is 1. The molecule has 0 bridgehead atoms. The number of rotatable bonds is 6. The summed E-state index contributed by atoms with van der Waals surface area (Å²) < 4.78 is 27.4. The van der Waals surface area contributed by atoms with E-state index in [1.54, 1.807) is 6.20 Å². The van der Waals surface area contributed by atoms with E-state index in [4.69, 9.17) is 12.2 Å². The van der Waals surface area contributed by atoms with Crippen molar-refractivity contribution in [3.8, 4) is 0 Å². The normalized spacial score (nSPS) is 12.0. The zero-order valence-corrected chi connectivity index (χ0v) is 13.7. The largest absolute Gasteiger partial charge is 0.365 e. The van der Waals surface area contributed by atoms with Crippen LogP contribution in [0.4, 0.5) is 0 Å². The third-order valence-corrected chi connectivity index (χ3v) is 5.81. The van der Waals surface area contributed by atoms with Crippen LogP contribution in [0.5, 0.6) is 0 Å². The fourth-order valence-electron chi connectivity index (χ4n) is 1.62. The van der Waals surface area contributed by atoms with Gasteiger partial charge in [-0.15, -0.1) is 0 Å². The van der Waals surface area contributed by atoms with Gasteiger partial charge in [-0.25, -0.2) is 8.42 Å². The molecule has 0 amide bonds. The van der Waals surface area contributed by atoms with Crippen LogP contribution < -0.4 is 0 Å². The van der Waals surface area contributed by atoms with Crippen molar-refractivity contribution in [2.75, 3.05) is 13.1 Å². The molecule has 1 N–H and O–H groups in total. The maximum Gasteiger partial charge on any atom is 0.246 e. The zero-order valence-electron chi connectivity index (χ0n) is 10.4. The van der Waals surface area contributed by atoms with Crippen LogP contribution >= 0.6 is 28.1 Å². The molecule has 0 aromatic carbocycles. The van der Waals surface area contributed by atoms with E-state index >= 15 is 0 Å². The zero-order chi connectivity index (χ0) is 13.8. The Kier molecular flexibility index (Phi) is 5.97. The molecule has 0 aliphatic heterocycles. The van der Waals surface area contributed by atoms with Crippen molar-refractivity contribution in [1.82, 2.24) is 9.29 Å². The second-order valence-electron chi connectivity index (χ2n) is 3.90.